The Morgan fingerprint density at radius 2 is 1.37 bits per heavy atom. The quantitative estimate of drug-likeness (QED) is 0.0425. The van der Waals surface area contributed by atoms with Crippen LogP contribution in [0, 0.1) is 6.92 Å². The average Bonchev–Trinajstić information content (AvgIpc) is 3.39. The smallest absolute Gasteiger partial charge is 0.331 e. The molecular weight excluding hydrogens is 595 g/mol. The van der Waals surface area contributed by atoms with Gasteiger partial charge in [0.2, 0.25) is 5.78 Å². The highest BCUT2D eigenvalue weighted by atomic mass is 32.2. The van der Waals surface area contributed by atoms with Crippen molar-refractivity contribution in [1.82, 2.24) is 4.57 Å². The molecule has 1 heterocycles. The van der Waals surface area contributed by atoms with Crippen LogP contribution in [0.3, 0.4) is 0 Å². The Balaban J connectivity index is 1.47. The monoisotopic (exact) mass is 633 g/mol. The molecule has 0 fully saturated rings. The van der Waals surface area contributed by atoms with Gasteiger partial charge in [-0.05, 0) is 100 Å². The molecule has 0 spiro atoms. The second-order valence-corrected chi connectivity index (χ2v) is 12.3. The van der Waals surface area contributed by atoms with Crippen molar-refractivity contribution in [2.75, 3.05) is 23.7 Å². The molecule has 0 saturated carbocycles. The van der Waals surface area contributed by atoms with Gasteiger partial charge >= 0.3 is 5.97 Å². The van der Waals surface area contributed by atoms with E-state index in [1.165, 1.54) is 12.5 Å². The van der Waals surface area contributed by atoms with E-state index in [-0.39, 0.29) is 17.3 Å². The van der Waals surface area contributed by atoms with Crippen LogP contribution in [0.2, 0.25) is 0 Å². The minimum Gasteiger partial charge on any atom is -0.372 e. The SMILES string of the molecule is CCN(CC)c1ccc(C(=O)c2ccc3c(c2)c2cc(C(=O)C(CCSc4ccc(C)cc4)=NOC(C)=O)ccc2n3CC)cc1. The Morgan fingerprint density at radius 1 is 0.783 bits per heavy atom. The summed E-state index contributed by atoms with van der Waals surface area (Å²) in [7, 11) is 0. The van der Waals surface area contributed by atoms with Gasteiger partial charge in [-0.2, -0.15) is 0 Å². The van der Waals surface area contributed by atoms with E-state index >= 15 is 0 Å². The maximum atomic E-state index is 13.8. The summed E-state index contributed by atoms with van der Waals surface area (Å²) < 4.78 is 2.18. The van der Waals surface area contributed by atoms with Crippen LogP contribution in [0.25, 0.3) is 21.8 Å². The number of Topliss-reactive ketones (excluding diaryl/α,β-unsaturated/α-hetero) is 1. The van der Waals surface area contributed by atoms with Crippen LogP contribution >= 0.6 is 11.8 Å². The first-order valence-corrected chi connectivity index (χ1v) is 16.7. The van der Waals surface area contributed by atoms with Gasteiger partial charge in [0.15, 0.2) is 5.78 Å². The lowest BCUT2D eigenvalue weighted by Crippen LogP contribution is -2.21. The molecule has 0 aliphatic rings. The van der Waals surface area contributed by atoms with Crippen LogP contribution in [-0.4, -0.2) is 46.7 Å². The van der Waals surface area contributed by atoms with Crippen LogP contribution in [0.1, 0.15) is 66.0 Å². The molecule has 0 unspecified atom stereocenters. The Kier molecular flexibility index (Phi) is 10.4. The number of hydrogen-bond acceptors (Lipinski definition) is 7. The lowest BCUT2D eigenvalue weighted by molar-refractivity contribution is -0.140. The molecular formula is C38H39N3O4S. The topological polar surface area (TPSA) is 81.0 Å². The van der Waals surface area contributed by atoms with E-state index in [0.717, 1.165) is 52.0 Å². The molecule has 0 N–H and O–H groups in total. The first-order valence-electron chi connectivity index (χ1n) is 15.7. The van der Waals surface area contributed by atoms with Crippen molar-refractivity contribution in [2.24, 2.45) is 5.16 Å². The molecule has 0 amide bonds. The minimum absolute atomic E-state index is 0.0560. The molecule has 0 radical (unpaired) electrons. The summed E-state index contributed by atoms with van der Waals surface area (Å²) >= 11 is 1.61. The van der Waals surface area contributed by atoms with Crippen molar-refractivity contribution < 1.29 is 19.2 Å². The van der Waals surface area contributed by atoms with Gasteiger partial charge in [-0.3, -0.25) is 9.59 Å². The summed E-state index contributed by atoms with van der Waals surface area (Å²) in [5.74, 6) is -0.351. The molecule has 0 bridgehead atoms. The van der Waals surface area contributed by atoms with Crippen molar-refractivity contribution in [3.8, 4) is 0 Å². The number of carbonyl (C=O) groups is 3. The minimum atomic E-state index is -0.585. The van der Waals surface area contributed by atoms with Gasteiger partial charge in [0, 0.05) is 87.8 Å². The summed E-state index contributed by atoms with van der Waals surface area (Å²) in [6.45, 7) is 12.1. The largest absolute Gasteiger partial charge is 0.372 e. The number of thioether (sulfide) groups is 1. The number of carbonyl (C=O) groups excluding carboxylic acids is 3. The first kappa shape index (κ1) is 32.7. The van der Waals surface area contributed by atoms with Gasteiger partial charge in [-0.1, -0.05) is 22.9 Å². The fourth-order valence-corrected chi connectivity index (χ4v) is 6.55. The first-order chi connectivity index (χ1) is 22.2. The molecule has 5 rings (SSSR count). The van der Waals surface area contributed by atoms with Crippen LogP contribution in [0.15, 0.2) is 95.0 Å². The van der Waals surface area contributed by atoms with Gasteiger partial charge in [0.1, 0.15) is 5.71 Å². The van der Waals surface area contributed by atoms with Crippen LogP contribution in [0.4, 0.5) is 5.69 Å². The standard InChI is InChI=1S/C38H39N3O4S/c1-6-40(7-2)30-15-11-27(12-16-30)37(43)28-13-19-35-32(23-28)33-24-29(14-20-36(33)41(35)8-3)38(44)34(39-45-26(5)42)21-22-46-31-17-9-25(4)10-18-31/h9-20,23-24H,6-8,21-22H2,1-5H3. The predicted octanol–water partition coefficient (Wildman–Crippen LogP) is 8.48. The number of nitrogens with zero attached hydrogens (tertiary/aromatic N) is 3. The van der Waals surface area contributed by atoms with E-state index in [1.807, 2.05) is 85.8 Å². The zero-order valence-corrected chi connectivity index (χ0v) is 27.8. The maximum Gasteiger partial charge on any atom is 0.331 e. The highest BCUT2D eigenvalue weighted by molar-refractivity contribution is 7.99. The average molecular weight is 634 g/mol. The fraction of sp³-hybridized carbons (Fsp3) is 0.263. The highest BCUT2D eigenvalue weighted by Crippen LogP contribution is 2.32. The van der Waals surface area contributed by atoms with Crippen LogP contribution in [0.5, 0.6) is 0 Å². The zero-order chi connectivity index (χ0) is 32.8. The Morgan fingerprint density at radius 3 is 1.96 bits per heavy atom. The van der Waals surface area contributed by atoms with Gasteiger partial charge in [-0.15, -0.1) is 11.8 Å². The van der Waals surface area contributed by atoms with Gasteiger partial charge in [0.25, 0.3) is 0 Å². The third-order valence-electron chi connectivity index (χ3n) is 8.14. The van der Waals surface area contributed by atoms with Crippen molar-refractivity contribution in [3.63, 3.8) is 0 Å². The fourth-order valence-electron chi connectivity index (χ4n) is 5.69. The molecule has 0 atom stereocenters. The van der Waals surface area contributed by atoms with Crippen LogP contribution < -0.4 is 4.90 Å². The van der Waals surface area contributed by atoms with E-state index < -0.39 is 5.97 Å². The lowest BCUT2D eigenvalue weighted by atomic mass is 9.99. The van der Waals surface area contributed by atoms with Crippen molar-refractivity contribution in [3.05, 3.63) is 107 Å². The highest BCUT2D eigenvalue weighted by Gasteiger charge is 2.20. The lowest BCUT2D eigenvalue weighted by Gasteiger charge is -2.21. The molecule has 0 aliphatic carbocycles. The van der Waals surface area contributed by atoms with Gasteiger partial charge < -0.3 is 14.3 Å². The number of aromatic nitrogens is 1. The number of rotatable bonds is 13. The predicted molar refractivity (Wildman–Crippen MR) is 189 cm³/mol. The number of hydrogen-bond donors (Lipinski definition) is 0. The molecule has 0 saturated heterocycles. The van der Waals surface area contributed by atoms with Crippen LogP contribution in [-0.2, 0) is 16.2 Å². The van der Waals surface area contributed by atoms with Crippen molar-refractivity contribution >= 4 is 62.5 Å². The van der Waals surface area contributed by atoms with Gasteiger partial charge in [0.05, 0.1) is 0 Å². The molecule has 5 aromatic rings. The van der Waals surface area contributed by atoms with Crippen molar-refractivity contribution in [2.45, 2.75) is 52.5 Å². The number of benzene rings is 4. The normalized spacial score (nSPS) is 11.6. The number of fused-ring (bicyclic) bond motifs is 3. The summed E-state index contributed by atoms with van der Waals surface area (Å²) in [4.78, 5) is 47.2. The van der Waals surface area contributed by atoms with E-state index in [9.17, 15) is 14.4 Å². The molecule has 1 aromatic heterocycles. The van der Waals surface area contributed by atoms with E-state index in [0.29, 0.717) is 28.9 Å². The zero-order valence-electron chi connectivity index (χ0n) is 27.0. The number of aryl methyl sites for hydroxylation is 2. The van der Waals surface area contributed by atoms with Gasteiger partial charge in [-0.25, -0.2) is 4.79 Å². The molecule has 4 aromatic carbocycles. The summed E-state index contributed by atoms with van der Waals surface area (Å²) in [6, 6.07) is 27.3. The second-order valence-electron chi connectivity index (χ2n) is 11.1. The third-order valence-corrected chi connectivity index (χ3v) is 9.15. The second kappa shape index (κ2) is 14.6. The Bertz CT molecular complexity index is 1920. The summed E-state index contributed by atoms with van der Waals surface area (Å²) in [6.07, 6.45) is 0.325. The van der Waals surface area contributed by atoms with E-state index in [2.05, 4.69) is 35.4 Å². The maximum absolute atomic E-state index is 13.8. The van der Waals surface area contributed by atoms with E-state index in [1.54, 1.807) is 17.8 Å². The summed E-state index contributed by atoms with van der Waals surface area (Å²) in [5, 5.41) is 5.72. The van der Waals surface area contributed by atoms with E-state index in [4.69, 9.17) is 4.84 Å². The molecule has 7 nitrogen and oxygen atoms in total. The Hall–Kier alpha value is -4.69. The number of anilines is 1. The third kappa shape index (κ3) is 7.07. The molecule has 0 aliphatic heterocycles. The van der Waals surface area contributed by atoms with Crippen molar-refractivity contribution in [1.29, 1.82) is 0 Å². The number of ketones is 2. The Labute approximate surface area is 274 Å². The summed E-state index contributed by atoms with van der Waals surface area (Å²) in [5.41, 5.74) is 6.05. The molecule has 8 heteroatoms. The molecule has 46 heavy (non-hydrogen) atoms. The molecule has 236 valence electrons. The number of oxime groups is 1.